The molecule has 0 aromatic carbocycles. The Bertz CT molecular complexity index is 436. The number of carbonyl (C=O) groups excluding carboxylic acids is 1. The number of aromatic nitrogens is 1. The van der Waals surface area contributed by atoms with Crippen molar-refractivity contribution in [1.82, 2.24) is 9.88 Å². The Hall–Kier alpha value is -1.42. The molecule has 0 aliphatic heterocycles. The molecule has 100 valence electrons. The van der Waals surface area contributed by atoms with Crippen molar-refractivity contribution in [3.63, 3.8) is 0 Å². The molecule has 0 bridgehead atoms. The molecule has 1 amide bonds. The van der Waals surface area contributed by atoms with E-state index in [0.29, 0.717) is 18.7 Å². The molecule has 1 rings (SSSR count). The first-order valence-corrected chi connectivity index (χ1v) is 6.20. The van der Waals surface area contributed by atoms with E-state index in [4.69, 9.17) is 0 Å². The first-order chi connectivity index (χ1) is 8.24. The maximum Gasteiger partial charge on any atom is 0.255 e. The number of likely N-dealkylation sites (N-methyl/N-ethyl adjacent to an activating group) is 1. The first-order valence-electron chi connectivity index (χ1n) is 6.20. The second-order valence-electron chi connectivity index (χ2n) is 5.22. The third kappa shape index (κ3) is 3.81. The third-order valence-electron chi connectivity index (χ3n) is 2.70. The zero-order chi connectivity index (χ0) is 13.9. The highest BCUT2D eigenvalue weighted by atomic mass is 16.3. The average Bonchev–Trinajstić information content (AvgIpc) is 2.24. The average molecular weight is 250 g/mol. The van der Waals surface area contributed by atoms with Gasteiger partial charge in [0.2, 0.25) is 0 Å². The fourth-order valence-electron chi connectivity index (χ4n) is 1.88. The Morgan fingerprint density at radius 3 is 2.44 bits per heavy atom. The lowest BCUT2D eigenvalue weighted by Crippen LogP contribution is -2.42. The van der Waals surface area contributed by atoms with E-state index in [1.165, 1.54) is 0 Å². The van der Waals surface area contributed by atoms with Crippen LogP contribution in [0.3, 0.4) is 0 Å². The minimum Gasteiger partial charge on any atom is -0.389 e. The van der Waals surface area contributed by atoms with Gasteiger partial charge in [-0.25, -0.2) is 0 Å². The van der Waals surface area contributed by atoms with Crippen LogP contribution >= 0.6 is 0 Å². The maximum absolute atomic E-state index is 12.4. The van der Waals surface area contributed by atoms with Gasteiger partial charge in [0.15, 0.2) is 0 Å². The Balaban J connectivity index is 2.97. The summed E-state index contributed by atoms with van der Waals surface area (Å²) in [7, 11) is 0. The van der Waals surface area contributed by atoms with Crippen molar-refractivity contribution < 1.29 is 9.90 Å². The van der Waals surface area contributed by atoms with Gasteiger partial charge >= 0.3 is 0 Å². The summed E-state index contributed by atoms with van der Waals surface area (Å²) in [6.45, 7) is 9.91. The summed E-state index contributed by atoms with van der Waals surface area (Å²) in [5.41, 5.74) is 1.34. The summed E-state index contributed by atoms with van der Waals surface area (Å²) in [5.74, 6) is -0.0791. The number of hydrogen-bond donors (Lipinski definition) is 1. The van der Waals surface area contributed by atoms with Crippen LogP contribution in [0.4, 0.5) is 0 Å². The molecule has 1 N–H and O–H groups in total. The summed E-state index contributed by atoms with van der Waals surface area (Å²) < 4.78 is 0. The Morgan fingerprint density at radius 1 is 1.39 bits per heavy atom. The lowest BCUT2D eigenvalue weighted by Gasteiger charge is -2.28. The van der Waals surface area contributed by atoms with Crippen molar-refractivity contribution in [3.05, 3.63) is 29.1 Å². The summed E-state index contributed by atoms with van der Waals surface area (Å²) in [6.07, 6.45) is 0. The SMILES string of the molecule is CCN(CC(C)(C)O)C(=O)c1ccc(C)nc1C. The minimum atomic E-state index is -0.891. The highest BCUT2D eigenvalue weighted by Gasteiger charge is 2.23. The molecule has 0 saturated carbocycles. The fourth-order valence-corrected chi connectivity index (χ4v) is 1.88. The van der Waals surface area contributed by atoms with Crippen LogP contribution in [0.15, 0.2) is 12.1 Å². The lowest BCUT2D eigenvalue weighted by molar-refractivity contribution is 0.0314. The third-order valence-corrected chi connectivity index (χ3v) is 2.70. The van der Waals surface area contributed by atoms with Crippen LogP contribution in [0.5, 0.6) is 0 Å². The highest BCUT2D eigenvalue weighted by molar-refractivity contribution is 5.95. The van der Waals surface area contributed by atoms with Crippen LogP contribution in [-0.2, 0) is 0 Å². The standard InChI is InChI=1S/C14H22N2O2/c1-6-16(9-14(4,5)18)13(17)12-8-7-10(2)15-11(12)3/h7-8,18H,6,9H2,1-5H3. The number of aryl methyl sites for hydroxylation is 2. The molecule has 0 spiro atoms. The number of carbonyl (C=O) groups is 1. The van der Waals surface area contributed by atoms with Crippen molar-refractivity contribution in [2.24, 2.45) is 0 Å². The molecule has 18 heavy (non-hydrogen) atoms. The quantitative estimate of drug-likeness (QED) is 0.888. The normalized spacial score (nSPS) is 11.4. The minimum absolute atomic E-state index is 0.0791. The molecule has 4 nitrogen and oxygen atoms in total. The first kappa shape index (κ1) is 14.6. The van der Waals surface area contributed by atoms with Gasteiger partial charge in [-0.2, -0.15) is 0 Å². The molecule has 0 aliphatic rings. The molecule has 0 aliphatic carbocycles. The van der Waals surface area contributed by atoms with E-state index in [1.807, 2.05) is 26.8 Å². The topological polar surface area (TPSA) is 53.4 Å². The molecule has 1 aromatic heterocycles. The molecule has 1 aromatic rings. The molecule has 1 heterocycles. The zero-order valence-electron chi connectivity index (χ0n) is 11.8. The number of aliphatic hydroxyl groups is 1. The van der Waals surface area contributed by atoms with Gasteiger partial charge in [0.1, 0.15) is 0 Å². The van der Waals surface area contributed by atoms with Crippen LogP contribution in [0.1, 0.15) is 42.5 Å². The van der Waals surface area contributed by atoms with E-state index in [9.17, 15) is 9.90 Å². The van der Waals surface area contributed by atoms with E-state index < -0.39 is 5.60 Å². The van der Waals surface area contributed by atoms with Gasteiger partial charge in [-0.15, -0.1) is 0 Å². The Kier molecular flexibility index (Phi) is 4.46. The maximum atomic E-state index is 12.4. The predicted molar refractivity (Wildman–Crippen MR) is 71.6 cm³/mol. The summed E-state index contributed by atoms with van der Waals surface area (Å²) in [5, 5.41) is 9.82. The largest absolute Gasteiger partial charge is 0.389 e. The van der Waals surface area contributed by atoms with Crippen LogP contribution in [-0.4, -0.2) is 39.6 Å². The van der Waals surface area contributed by atoms with Gasteiger partial charge in [0, 0.05) is 18.8 Å². The van der Waals surface area contributed by atoms with E-state index in [-0.39, 0.29) is 5.91 Å². The van der Waals surface area contributed by atoms with Crippen molar-refractivity contribution in [3.8, 4) is 0 Å². The lowest BCUT2D eigenvalue weighted by atomic mass is 10.1. The smallest absolute Gasteiger partial charge is 0.255 e. The van der Waals surface area contributed by atoms with Crippen LogP contribution in [0, 0.1) is 13.8 Å². The predicted octanol–water partition coefficient (Wildman–Crippen LogP) is 1.93. The van der Waals surface area contributed by atoms with Gasteiger partial charge in [-0.3, -0.25) is 9.78 Å². The van der Waals surface area contributed by atoms with Crippen molar-refractivity contribution in [2.45, 2.75) is 40.2 Å². The number of amides is 1. The second kappa shape index (κ2) is 5.48. The van der Waals surface area contributed by atoms with Crippen molar-refractivity contribution in [2.75, 3.05) is 13.1 Å². The van der Waals surface area contributed by atoms with E-state index in [2.05, 4.69) is 4.98 Å². The van der Waals surface area contributed by atoms with Crippen LogP contribution in [0.25, 0.3) is 0 Å². The summed E-state index contributed by atoms with van der Waals surface area (Å²) in [6, 6.07) is 3.63. The van der Waals surface area contributed by atoms with Gasteiger partial charge in [0.25, 0.3) is 5.91 Å². The zero-order valence-corrected chi connectivity index (χ0v) is 11.8. The van der Waals surface area contributed by atoms with Crippen LogP contribution < -0.4 is 0 Å². The van der Waals surface area contributed by atoms with Gasteiger partial charge in [-0.1, -0.05) is 0 Å². The monoisotopic (exact) mass is 250 g/mol. The molecular weight excluding hydrogens is 228 g/mol. The molecule has 0 atom stereocenters. The van der Waals surface area contributed by atoms with E-state index in [1.54, 1.807) is 24.8 Å². The molecule has 0 fully saturated rings. The number of hydrogen-bond acceptors (Lipinski definition) is 3. The van der Waals surface area contributed by atoms with Crippen LogP contribution in [0.2, 0.25) is 0 Å². The van der Waals surface area contributed by atoms with E-state index >= 15 is 0 Å². The second-order valence-corrected chi connectivity index (χ2v) is 5.22. The molecule has 0 unspecified atom stereocenters. The molecular formula is C14H22N2O2. The molecule has 0 saturated heterocycles. The number of nitrogens with zero attached hydrogens (tertiary/aromatic N) is 2. The van der Waals surface area contributed by atoms with Crippen molar-refractivity contribution >= 4 is 5.91 Å². The molecule has 4 heteroatoms. The fraction of sp³-hybridized carbons (Fsp3) is 0.571. The highest BCUT2D eigenvalue weighted by Crippen LogP contribution is 2.13. The van der Waals surface area contributed by atoms with E-state index in [0.717, 1.165) is 11.4 Å². The summed E-state index contributed by atoms with van der Waals surface area (Å²) in [4.78, 5) is 18.3. The number of rotatable bonds is 4. The Morgan fingerprint density at radius 2 is 2.00 bits per heavy atom. The Labute approximate surface area is 109 Å². The van der Waals surface area contributed by atoms with Gasteiger partial charge in [0.05, 0.1) is 16.9 Å². The van der Waals surface area contributed by atoms with Gasteiger partial charge < -0.3 is 10.0 Å². The number of pyridine rings is 1. The summed E-state index contributed by atoms with van der Waals surface area (Å²) >= 11 is 0. The van der Waals surface area contributed by atoms with Gasteiger partial charge in [-0.05, 0) is 46.8 Å². The van der Waals surface area contributed by atoms with Crippen molar-refractivity contribution in [1.29, 1.82) is 0 Å². The molecule has 0 radical (unpaired) electrons.